The van der Waals surface area contributed by atoms with Crippen molar-refractivity contribution in [2.24, 2.45) is 17.3 Å². The number of hydrogen-bond donors (Lipinski definition) is 0. The largest absolute Gasteiger partial charge is 0.340 e. The lowest BCUT2D eigenvalue weighted by molar-refractivity contribution is -0.148. The molecule has 0 aromatic carbocycles. The van der Waals surface area contributed by atoms with Crippen LogP contribution in [0.3, 0.4) is 0 Å². The van der Waals surface area contributed by atoms with Gasteiger partial charge < -0.3 is 9.80 Å². The van der Waals surface area contributed by atoms with Crippen molar-refractivity contribution in [2.75, 3.05) is 45.8 Å². The molecule has 1 spiro atoms. The van der Waals surface area contributed by atoms with Gasteiger partial charge in [-0.3, -0.25) is 9.69 Å². The van der Waals surface area contributed by atoms with Crippen LogP contribution in [-0.2, 0) is 4.79 Å². The normalized spacial score (nSPS) is 26.3. The maximum absolute atomic E-state index is 12.6. The Hall–Kier alpha value is -0.610. The highest BCUT2D eigenvalue weighted by Gasteiger charge is 2.46. The Morgan fingerprint density at radius 2 is 1.58 bits per heavy atom. The summed E-state index contributed by atoms with van der Waals surface area (Å²) in [4.78, 5) is 19.7. The molecule has 0 bridgehead atoms. The summed E-state index contributed by atoms with van der Waals surface area (Å²) in [7, 11) is 0. The number of piperidine rings is 2. The Kier molecular flexibility index (Phi) is 5.55. The van der Waals surface area contributed by atoms with Crippen molar-refractivity contribution < 1.29 is 4.79 Å². The molecule has 0 saturated carbocycles. The SMILES string of the molecule is CC(C)C1CCN(CC(=O)N2CC3(CCN(C(C)C)CC3)C2)CC1. The van der Waals surface area contributed by atoms with Crippen LogP contribution in [0.15, 0.2) is 0 Å². The lowest BCUT2D eigenvalue weighted by Gasteiger charge is -2.54. The zero-order chi connectivity index (χ0) is 17.3. The van der Waals surface area contributed by atoms with E-state index in [9.17, 15) is 4.79 Å². The van der Waals surface area contributed by atoms with Gasteiger partial charge in [-0.25, -0.2) is 0 Å². The Morgan fingerprint density at radius 3 is 2.08 bits per heavy atom. The molecule has 0 unspecified atom stereocenters. The van der Waals surface area contributed by atoms with Gasteiger partial charge in [0.05, 0.1) is 6.54 Å². The molecule has 3 aliphatic heterocycles. The molecule has 3 heterocycles. The monoisotopic (exact) mass is 335 g/mol. The first-order chi connectivity index (χ1) is 11.4. The molecular weight excluding hydrogens is 298 g/mol. The first-order valence-corrected chi connectivity index (χ1v) is 10.1. The third kappa shape index (κ3) is 3.96. The third-order valence-corrected chi connectivity index (χ3v) is 6.93. The number of nitrogens with zero attached hydrogens (tertiary/aromatic N) is 3. The van der Waals surface area contributed by atoms with Crippen molar-refractivity contribution in [2.45, 2.75) is 59.4 Å². The number of carbonyl (C=O) groups excluding carboxylic acids is 1. The van der Waals surface area contributed by atoms with E-state index in [1.165, 1.54) is 38.8 Å². The lowest BCUT2D eigenvalue weighted by Crippen LogP contribution is -2.63. The van der Waals surface area contributed by atoms with Gasteiger partial charge in [0, 0.05) is 24.5 Å². The molecule has 0 N–H and O–H groups in total. The van der Waals surface area contributed by atoms with Gasteiger partial charge >= 0.3 is 0 Å². The van der Waals surface area contributed by atoms with E-state index in [1.807, 2.05) is 0 Å². The minimum absolute atomic E-state index is 0.370. The quantitative estimate of drug-likeness (QED) is 0.790. The zero-order valence-electron chi connectivity index (χ0n) is 16.3. The Morgan fingerprint density at radius 1 is 1.00 bits per heavy atom. The lowest BCUT2D eigenvalue weighted by atomic mass is 9.71. The van der Waals surface area contributed by atoms with Gasteiger partial charge in [-0.05, 0) is 77.5 Å². The summed E-state index contributed by atoms with van der Waals surface area (Å²) in [5.74, 6) is 2.01. The topological polar surface area (TPSA) is 26.8 Å². The van der Waals surface area contributed by atoms with Gasteiger partial charge in [-0.1, -0.05) is 13.8 Å². The van der Waals surface area contributed by atoms with Crippen LogP contribution in [-0.4, -0.2) is 72.5 Å². The van der Waals surface area contributed by atoms with Gasteiger partial charge in [-0.15, -0.1) is 0 Å². The first-order valence-electron chi connectivity index (χ1n) is 10.1. The predicted molar refractivity (Wildman–Crippen MR) is 99.0 cm³/mol. The summed E-state index contributed by atoms with van der Waals surface area (Å²) < 4.78 is 0. The predicted octanol–water partition coefficient (Wildman–Crippen LogP) is 2.69. The molecule has 0 aromatic heterocycles. The molecule has 0 atom stereocenters. The molecule has 0 aromatic rings. The second-order valence-electron chi connectivity index (χ2n) is 9.24. The summed E-state index contributed by atoms with van der Waals surface area (Å²) >= 11 is 0. The van der Waals surface area contributed by atoms with E-state index in [4.69, 9.17) is 0 Å². The highest BCUT2D eigenvalue weighted by atomic mass is 16.2. The third-order valence-electron chi connectivity index (χ3n) is 6.93. The molecule has 1 amide bonds. The minimum Gasteiger partial charge on any atom is -0.340 e. The second-order valence-corrected chi connectivity index (χ2v) is 9.24. The van der Waals surface area contributed by atoms with Gasteiger partial charge in [-0.2, -0.15) is 0 Å². The van der Waals surface area contributed by atoms with Crippen molar-refractivity contribution in [3.8, 4) is 0 Å². The summed E-state index contributed by atoms with van der Waals surface area (Å²) in [6.07, 6.45) is 5.07. The van der Waals surface area contributed by atoms with E-state index in [0.717, 1.165) is 38.0 Å². The average molecular weight is 336 g/mol. The fraction of sp³-hybridized carbons (Fsp3) is 0.950. The van der Waals surface area contributed by atoms with Crippen LogP contribution in [0.4, 0.5) is 0 Å². The van der Waals surface area contributed by atoms with E-state index in [-0.39, 0.29) is 0 Å². The molecule has 24 heavy (non-hydrogen) atoms. The molecule has 3 aliphatic rings. The van der Waals surface area contributed by atoms with Crippen LogP contribution in [0.5, 0.6) is 0 Å². The number of hydrogen-bond acceptors (Lipinski definition) is 3. The summed E-state index contributed by atoms with van der Waals surface area (Å²) in [5.41, 5.74) is 0.450. The smallest absolute Gasteiger partial charge is 0.236 e. The second kappa shape index (κ2) is 7.33. The standard InChI is InChI=1S/C20H37N3O/c1-16(2)18-5-9-21(10-6-18)13-19(24)23-14-20(15-23)7-11-22(12-8-20)17(3)4/h16-18H,5-15H2,1-4H3. The molecule has 3 saturated heterocycles. The van der Waals surface area contributed by atoms with Crippen molar-refractivity contribution in [1.29, 1.82) is 0 Å². The van der Waals surface area contributed by atoms with Crippen molar-refractivity contribution >= 4 is 5.91 Å². The van der Waals surface area contributed by atoms with Crippen LogP contribution >= 0.6 is 0 Å². The highest BCUT2D eigenvalue weighted by Crippen LogP contribution is 2.40. The van der Waals surface area contributed by atoms with Crippen molar-refractivity contribution in [3.05, 3.63) is 0 Å². The molecule has 4 nitrogen and oxygen atoms in total. The fourth-order valence-electron chi connectivity index (χ4n) is 4.84. The van der Waals surface area contributed by atoms with Gasteiger partial charge in [0.15, 0.2) is 0 Å². The number of rotatable bonds is 4. The molecule has 3 rings (SSSR count). The molecule has 0 radical (unpaired) electrons. The van der Waals surface area contributed by atoms with Crippen LogP contribution < -0.4 is 0 Å². The highest BCUT2D eigenvalue weighted by molar-refractivity contribution is 5.79. The Balaban J connectivity index is 1.38. The van der Waals surface area contributed by atoms with Gasteiger partial charge in [0.1, 0.15) is 0 Å². The fourth-order valence-corrected chi connectivity index (χ4v) is 4.84. The maximum atomic E-state index is 12.6. The van der Waals surface area contributed by atoms with E-state index in [0.29, 0.717) is 23.9 Å². The van der Waals surface area contributed by atoms with Gasteiger partial charge in [0.25, 0.3) is 0 Å². The summed E-state index contributed by atoms with van der Waals surface area (Å²) in [5, 5.41) is 0. The van der Waals surface area contributed by atoms with Crippen LogP contribution in [0.25, 0.3) is 0 Å². The average Bonchev–Trinajstić information content (AvgIpc) is 2.53. The van der Waals surface area contributed by atoms with Crippen LogP contribution in [0, 0.1) is 17.3 Å². The number of amides is 1. The molecule has 4 heteroatoms. The van der Waals surface area contributed by atoms with Crippen LogP contribution in [0.2, 0.25) is 0 Å². The van der Waals surface area contributed by atoms with E-state index >= 15 is 0 Å². The first kappa shape index (κ1) is 18.2. The molecule has 3 fully saturated rings. The molecule has 0 aliphatic carbocycles. The molecular formula is C20H37N3O. The minimum atomic E-state index is 0.370. The maximum Gasteiger partial charge on any atom is 0.236 e. The summed E-state index contributed by atoms with van der Waals surface area (Å²) in [6.45, 7) is 16.6. The number of carbonyl (C=O) groups is 1. The Labute approximate surface area is 148 Å². The zero-order valence-corrected chi connectivity index (χ0v) is 16.3. The van der Waals surface area contributed by atoms with Crippen molar-refractivity contribution in [3.63, 3.8) is 0 Å². The van der Waals surface area contributed by atoms with E-state index in [2.05, 4.69) is 42.4 Å². The van der Waals surface area contributed by atoms with Gasteiger partial charge in [0.2, 0.25) is 5.91 Å². The number of likely N-dealkylation sites (tertiary alicyclic amines) is 3. The Bertz CT molecular complexity index is 424. The van der Waals surface area contributed by atoms with E-state index in [1.54, 1.807) is 0 Å². The van der Waals surface area contributed by atoms with E-state index < -0.39 is 0 Å². The van der Waals surface area contributed by atoms with Crippen molar-refractivity contribution in [1.82, 2.24) is 14.7 Å². The van der Waals surface area contributed by atoms with Crippen LogP contribution in [0.1, 0.15) is 53.4 Å². The molecule has 138 valence electrons. The summed E-state index contributed by atoms with van der Waals surface area (Å²) in [6, 6.07) is 0.661.